The van der Waals surface area contributed by atoms with E-state index in [0.717, 1.165) is 6.42 Å². The average Bonchev–Trinajstić information content (AvgIpc) is 2.83. The standard InChI is InChI=1S/C13H21N3O4/c1-13(2,3)20-12(19)16-5-4-8-6-15(7-9(8)16)11(18)10(14)17/h8-9H,4-7H2,1-3H3,(H2,14,17). The largest absolute Gasteiger partial charge is 0.444 e. The highest BCUT2D eigenvalue weighted by molar-refractivity contribution is 6.34. The molecule has 0 saturated carbocycles. The molecule has 2 aliphatic rings. The van der Waals surface area contributed by atoms with Gasteiger partial charge in [0, 0.05) is 25.6 Å². The highest BCUT2D eigenvalue weighted by atomic mass is 16.6. The zero-order valence-corrected chi connectivity index (χ0v) is 12.1. The maximum Gasteiger partial charge on any atom is 0.410 e. The fourth-order valence-corrected chi connectivity index (χ4v) is 2.83. The van der Waals surface area contributed by atoms with Crippen LogP contribution in [-0.2, 0) is 14.3 Å². The van der Waals surface area contributed by atoms with E-state index < -0.39 is 17.4 Å². The van der Waals surface area contributed by atoms with E-state index in [9.17, 15) is 14.4 Å². The molecule has 2 unspecified atom stereocenters. The molecule has 0 aromatic rings. The van der Waals surface area contributed by atoms with Gasteiger partial charge in [-0.2, -0.15) is 0 Å². The summed E-state index contributed by atoms with van der Waals surface area (Å²) in [5.74, 6) is -1.43. The molecule has 2 aliphatic heterocycles. The molecule has 0 aliphatic carbocycles. The molecule has 0 aromatic carbocycles. The summed E-state index contributed by atoms with van der Waals surface area (Å²) in [4.78, 5) is 37.7. The Morgan fingerprint density at radius 1 is 1.20 bits per heavy atom. The van der Waals surface area contributed by atoms with E-state index in [1.54, 1.807) is 4.90 Å². The van der Waals surface area contributed by atoms with E-state index >= 15 is 0 Å². The fraction of sp³-hybridized carbons (Fsp3) is 0.769. The third kappa shape index (κ3) is 2.86. The van der Waals surface area contributed by atoms with Gasteiger partial charge in [-0.05, 0) is 27.2 Å². The first-order valence-corrected chi connectivity index (χ1v) is 6.77. The quantitative estimate of drug-likeness (QED) is 0.630. The number of carbonyl (C=O) groups excluding carboxylic acids is 3. The summed E-state index contributed by atoms with van der Waals surface area (Å²) in [6.45, 7) is 6.91. The van der Waals surface area contributed by atoms with Crippen LogP contribution in [0.1, 0.15) is 27.2 Å². The maximum atomic E-state index is 12.1. The highest BCUT2D eigenvalue weighted by Crippen LogP contribution is 2.32. The van der Waals surface area contributed by atoms with Crippen LogP contribution < -0.4 is 5.73 Å². The number of amides is 3. The Morgan fingerprint density at radius 3 is 2.40 bits per heavy atom. The van der Waals surface area contributed by atoms with Crippen LogP contribution in [0.5, 0.6) is 0 Å². The van der Waals surface area contributed by atoms with Gasteiger partial charge in [0.15, 0.2) is 0 Å². The van der Waals surface area contributed by atoms with Gasteiger partial charge in [-0.3, -0.25) is 9.59 Å². The Morgan fingerprint density at radius 2 is 1.85 bits per heavy atom. The van der Waals surface area contributed by atoms with Gasteiger partial charge in [0.05, 0.1) is 6.04 Å². The van der Waals surface area contributed by atoms with Crippen molar-refractivity contribution in [2.75, 3.05) is 19.6 Å². The van der Waals surface area contributed by atoms with E-state index in [4.69, 9.17) is 10.5 Å². The minimum absolute atomic E-state index is 0.0758. The topological polar surface area (TPSA) is 92.9 Å². The molecule has 2 heterocycles. The van der Waals surface area contributed by atoms with E-state index in [2.05, 4.69) is 0 Å². The lowest BCUT2D eigenvalue weighted by molar-refractivity contribution is -0.143. The predicted molar refractivity (Wildman–Crippen MR) is 70.6 cm³/mol. The Kier molecular flexibility index (Phi) is 3.62. The highest BCUT2D eigenvalue weighted by Gasteiger charge is 2.46. The molecule has 7 nitrogen and oxygen atoms in total. The zero-order chi connectivity index (χ0) is 15.1. The first-order chi connectivity index (χ1) is 9.19. The van der Waals surface area contributed by atoms with Crippen LogP contribution in [0.2, 0.25) is 0 Å². The molecule has 112 valence electrons. The molecule has 0 radical (unpaired) electrons. The van der Waals surface area contributed by atoms with Gasteiger partial charge in [0.2, 0.25) is 0 Å². The van der Waals surface area contributed by atoms with Crippen molar-refractivity contribution in [2.45, 2.75) is 38.8 Å². The van der Waals surface area contributed by atoms with Crippen molar-refractivity contribution in [1.82, 2.24) is 9.80 Å². The zero-order valence-electron chi connectivity index (χ0n) is 12.1. The SMILES string of the molecule is CC(C)(C)OC(=O)N1CCC2CN(C(=O)C(N)=O)CC21. The number of likely N-dealkylation sites (tertiary alicyclic amines) is 2. The Balaban J connectivity index is 2.01. The average molecular weight is 283 g/mol. The molecule has 3 amide bonds. The van der Waals surface area contributed by atoms with Gasteiger partial charge in [-0.15, -0.1) is 0 Å². The second-order valence-electron chi connectivity index (χ2n) is 6.36. The molecule has 2 rings (SSSR count). The third-order valence-electron chi connectivity index (χ3n) is 3.67. The Hall–Kier alpha value is -1.79. The summed E-state index contributed by atoms with van der Waals surface area (Å²) in [5, 5.41) is 0. The van der Waals surface area contributed by atoms with Crippen LogP contribution in [0, 0.1) is 5.92 Å². The fourth-order valence-electron chi connectivity index (χ4n) is 2.83. The number of ether oxygens (including phenoxy) is 1. The van der Waals surface area contributed by atoms with Crippen molar-refractivity contribution in [3.63, 3.8) is 0 Å². The third-order valence-corrected chi connectivity index (χ3v) is 3.67. The van der Waals surface area contributed by atoms with E-state index in [-0.39, 0.29) is 18.1 Å². The van der Waals surface area contributed by atoms with Crippen molar-refractivity contribution in [3.8, 4) is 0 Å². The summed E-state index contributed by atoms with van der Waals surface area (Å²) in [6.07, 6.45) is 0.449. The van der Waals surface area contributed by atoms with Gasteiger partial charge in [0.25, 0.3) is 0 Å². The number of hydrogen-bond acceptors (Lipinski definition) is 4. The minimum Gasteiger partial charge on any atom is -0.444 e. The lowest BCUT2D eigenvalue weighted by Crippen LogP contribution is -2.45. The molecule has 2 fully saturated rings. The van der Waals surface area contributed by atoms with Crippen LogP contribution in [-0.4, -0.2) is 59.0 Å². The molecule has 0 spiro atoms. The maximum absolute atomic E-state index is 12.1. The smallest absolute Gasteiger partial charge is 0.410 e. The van der Waals surface area contributed by atoms with E-state index in [1.807, 2.05) is 20.8 Å². The van der Waals surface area contributed by atoms with Crippen molar-refractivity contribution < 1.29 is 19.1 Å². The lowest BCUT2D eigenvalue weighted by Gasteiger charge is -2.28. The van der Waals surface area contributed by atoms with Gasteiger partial charge in [-0.25, -0.2) is 4.79 Å². The number of rotatable bonds is 0. The molecular formula is C13H21N3O4. The van der Waals surface area contributed by atoms with Gasteiger partial charge < -0.3 is 20.3 Å². The molecule has 20 heavy (non-hydrogen) atoms. The Labute approximate surface area is 118 Å². The predicted octanol–water partition coefficient (Wildman–Crippen LogP) is -0.0605. The number of primary amides is 1. The molecule has 2 saturated heterocycles. The van der Waals surface area contributed by atoms with Gasteiger partial charge in [0.1, 0.15) is 5.60 Å². The second kappa shape index (κ2) is 4.96. The summed E-state index contributed by atoms with van der Waals surface area (Å²) in [5.41, 5.74) is 4.46. The summed E-state index contributed by atoms with van der Waals surface area (Å²) >= 11 is 0. The van der Waals surface area contributed by atoms with Crippen molar-refractivity contribution in [1.29, 1.82) is 0 Å². The summed E-state index contributed by atoms with van der Waals surface area (Å²) in [7, 11) is 0. The van der Waals surface area contributed by atoms with Gasteiger partial charge >= 0.3 is 17.9 Å². The molecule has 2 atom stereocenters. The number of fused-ring (bicyclic) bond motifs is 1. The van der Waals surface area contributed by atoms with Crippen molar-refractivity contribution in [2.24, 2.45) is 11.7 Å². The van der Waals surface area contributed by atoms with Crippen LogP contribution in [0.25, 0.3) is 0 Å². The molecule has 2 N–H and O–H groups in total. The normalized spacial score (nSPS) is 25.6. The number of carbonyl (C=O) groups is 3. The van der Waals surface area contributed by atoms with Crippen molar-refractivity contribution >= 4 is 17.9 Å². The van der Waals surface area contributed by atoms with Crippen LogP contribution in [0.4, 0.5) is 4.79 Å². The molecule has 0 aromatic heterocycles. The van der Waals surface area contributed by atoms with Crippen LogP contribution >= 0.6 is 0 Å². The number of nitrogens with two attached hydrogens (primary N) is 1. The summed E-state index contributed by atoms with van der Waals surface area (Å²) < 4.78 is 5.36. The van der Waals surface area contributed by atoms with E-state index in [1.165, 1.54) is 4.90 Å². The number of hydrogen-bond donors (Lipinski definition) is 1. The van der Waals surface area contributed by atoms with E-state index in [0.29, 0.717) is 19.6 Å². The Bertz CT molecular complexity index is 443. The molecular weight excluding hydrogens is 262 g/mol. The van der Waals surface area contributed by atoms with Crippen molar-refractivity contribution in [3.05, 3.63) is 0 Å². The molecule has 0 bridgehead atoms. The van der Waals surface area contributed by atoms with Gasteiger partial charge in [-0.1, -0.05) is 0 Å². The monoisotopic (exact) mass is 283 g/mol. The van der Waals surface area contributed by atoms with Crippen LogP contribution in [0.3, 0.4) is 0 Å². The second-order valence-corrected chi connectivity index (χ2v) is 6.36. The first-order valence-electron chi connectivity index (χ1n) is 6.77. The van der Waals surface area contributed by atoms with Crippen LogP contribution in [0.15, 0.2) is 0 Å². The minimum atomic E-state index is -0.950. The number of nitrogens with zero attached hydrogens (tertiary/aromatic N) is 2. The summed E-state index contributed by atoms with van der Waals surface area (Å²) in [6, 6.07) is -0.0758. The lowest BCUT2D eigenvalue weighted by atomic mass is 10.1. The first kappa shape index (κ1) is 14.6. The molecule has 7 heteroatoms.